The minimum atomic E-state index is -3.56. The Balaban J connectivity index is 2.98. The van der Waals surface area contributed by atoms with Crippen molar-refractivity contribution in [2.75, 3.05) is 7.05 Å². The summed E-state index contributed by atoms with van der Waals surface area (Å²) in [6.07, 6.45) is 5.48. The molecule has 0 aromatic carbocycles. The number of rotatable bonds is 5. The average molecular weight is 307 g/mol. The SMILES string of the molecule is CC(C)N(C)S(=O)(=O)NC1(C(N)=S)CCCCCC1. The lowest BCUT2D eigenvalue weighted by Gasteiger charge is -2.35. The number of thiocarbonyl (C=S) groups is 1. The Hall–Kier alpha value is -0.240. The third-order valence-corrected chi connectivity index (χ3v) is 6.08. The molecule has 1 saturated carbocycles. The fraction of sp³-hybridized carbons (Fsp3) is 0.917. The molecule has 0 aliphatic heterocycles. The predicted octanol–water partition coefficient (Wildman–Crippen LogP) is 1.54. The first-order valence-corrected chi connectivity index (χ1v) is 8.63. The van der Waals surface area contributed by atoms with Gasteiger partial charge in [-0.15, -0.1) is 0 Å². The van der Waals surface area contributed by atoms with Crippen LogP contribution in [0.4, 0.5) is 0 Å². The molecule has 112 valence electrons. The molecule has 0 saturated heterocycles. The maximum absolute atomic E-state index is 12.4. The van der Waals surface area contributed by atoms with Gasteiger partial charge in [-0.2, -0.15) is 17.4 Å². The summed E-state index contributed by atoms with van der Waals surface area (Å²) in [4.78, 5) is 0.259. The van der Waals surface area contributed by atoms with Gasteiger partial charge in [0.2, 0.25) is 0 Å². The van der Waals surface area contributed by atoms with Crippen LogP contribution in [0.1, 0.15) is 52.4 Å². The van der Waals surface area contributed by atoms with E-state index in [1.165, 1.54) is 4.31 Å². The average Bonchev–Trinajstić information content (AvgIpc) is 2.53. The molecule has 1 fully saturated rings. The highest BCUT2D eigenvalue weighted by atomic mass is 32.2. The van der Waals surface area contributed by atoms with Crippen LogP contribution < -0.4 is 10.5 Å². The van der Waals surface area contributed by atoms with Gasteiger partial charge in [0.1, 0.15) is 0 Å². The zero-order valence-electron chi connectivity index (χ0n) is 12.0. The molecular weight excluding hydrogens is 282 g/mol. The summed E-state index contributed by atoms with van der Waals surface area (Å²) in [5.74, 6) is 0. The highest BCUT2D eigenvalue weighted by Crippen LogP contribution is 2.28. The Kier molecular flexibility index (Phi) is 5.73. The van der Waals surface area contributed by atoms with E-state index in [9.17, 15) is 8.42 Å². The van der Waals surface area contributed by atoms with Gasteiger partial charge in [0.25, 0.3) is 10.2 Å². The molecule has 7 heteroatoms. The van der Waals surface area contributed by atoms with Gasteiger partial charge in [0, 0.05) is 13.1 Å². The molecule has 5 nitrogen and oxygen atoms in total. The molecule has 0 radical (unpaired) electrons. The van der Waals surface area contributed by atoms with Gasteiger partial charge in [-0.3, -0.25) is 0 Å². The van der Waals surface area contributed by atoms with Gasteiger partial charge in [-0.1, -0.05) is 37.9 Å². The second kappa shape index (κ2) is 6.47. The molecule has 0 atom stereocenters. The van der Waals surface area contributed by atoms with E-state index in [1.807, 2.05) is 13.8 Å². The Morgan fingerprint density at radius 1 is 1.26 bits per heavy atom. The standard InChI is InChI=1S/C12H25N3O2S2/c1-10(2)15(3)19(16,17)14-12(11(13)18)8-6-4-5-7-9-12/h10,14H,4-9H2,1-3H3,(H2,13,18). The number of nitrogens with zero attached hydrogens (tertiary/aromatic N) is 1. The van der Waals surface area contributed by atoms with Gasteiger partial charge in [0.15, 0.2) is 0 Å². The second-order valence-corrected chi connectivity index (χ2v) is 7.75. The molecular formula is C12H25N3O2S2. The minimum Gasteiger partial charge on any atom is -0.392 e. The lowest BCUT2D eigenvalue weighted by atomic mass is 9.91. The molecule has 0 spiro atoms. The summed E-state index contributed by atoms with van der Waals surface area (Å²) in [5.41, 5.74) is 5.08. The first-order valence-electron chi connectivity index (χ1n) is 6.78. The predicted molar refractivity (Wildman–Crippen MR) is 82.2 cm³/mol. The van der Waals surface area contributed by atoms with Crippen molar-refractivity contribution >= 4 is 27.4 Å². The van der Waals surface area contributed by atoms with Gasteiger partial charge < -0.3 is 5.73 Å². The van der Waals surface area contributed by atoms with Crippen LogP contribution in [-0.4, -0.2) is 36.3 Å². The number of nitrogens with one attached hydrogen (secondary N) is 1. The van der Waals surface area contributed by atoms with Crippen LogP contribution in [0.15, 0.2) is 0 Å². The van der Waals surface area contributed by atoms with Crippen molar-refractivity contribution < 1.29 is 8.42 Å². The van der Waals surface area contributed by atoms with Gasteiger partial charge >= 0.3 is 0 Å². The molecule has 0 bridgehead atoms. The van der Waals surface area contributed by atoms with Gasteiger partial charge in [-0.25, -0.2) is 0 Å². The molecule has 0 aromatic rings. The monoisotopic (exact) mass is 307 g/mol. The number of hydrogen-bond donors (Lipinski definition) is 2. The van der Waals surface area contributed by atoms with Gasteiger partial charge in [-0.05, 0) is 26.7 Å². The molecule has 0 unspecified atom stereocenters. The third-order valence-electron chi connectivity index (χ3n) is 3.86. The minimum absolute atomic E-state index is 0.105. The Morgan fingerprint density at radius 3 is 2.11 bits per heavy atom. The summed E-state index contributed by atoms with van der Waals surface area (Å²) < 4.78 is 28.8. The van der Waals surface area contributed by atoms with Crippen LogP contribution in [0.3, 0.4) is 0 Å². The number of nitrogens with two attached hydrogens (primary N) is 1. The first-order chi connectivity index (χ1) is 8.71. The molecule has 1 aliphatic rings. The van der Waals surface area contributed by atoms with E-state index in [-0.39, 0.29) is 11.0 Å². The molecule has 3 N–H and O–H groups in total. The van der Waals surface area contributed by atoms with Crippen molar-refractivity contribution in [2.24, 2.45) is 5.73 Å². The maximum atomic E-state index is 12.4. The van der Waals surface area contributed by atoms with E-state index in [2.05, 4.69) is 4.72 Å². The highest BCUT2D eigenvalue weighted by molar-refractivity contribution is 7.87. The highest BCUT2D eigenvalue weighted by Gasteiger charge is 2.39. The summed E-state index contributed by atoms with van der Waals surface area (Å²) in [6, 6.07) is -0.105. The number of hydrogen-bond acceptors (Lipinski definition) is 3. The third kappa shape index (κ3) is 4.11. The summed E-state index contributed by atoms with van der Waals surface area (Å²) in [7, 11) is -2.00. The van der Waals surface area contributed by atoms with E-state index in [4.69, 9.17) is 18.0 Å². The Bertz CT molecular complexity index is 413. The van der Waals surface area contributed by atoms with E-state index in [1.54, 1.807) is 7.05 Å². The maximum Gasteiger partial charge on any atom is 0.280 e. The van der Waals surface area contributed by atoms with Crippen molar-refractivity contribution in [3.8, 4) is 0 Å². The molecule has 0 aromatic heterocycles. The summed E-state index contributed by atoms with van der Waals surface area (Å²) in [5, 5.41) is 0. The fourth-order valence-corrected chi connectivity index (χ4v) is 4.15. The fourth-order valence-electron chi connectivity index (χ4n) is 2.33. The summed E-state index contributed by atoms with van der Waals surface area (Å²) >= 11 is 5.14. The van der Waals surface area contributed by atoms with E-state index in [0.717, 1.165) is 25.7 Å². The van der Waals surface area contributed by atoms with Crippen LogP contribution >= 0.6 is 12.2 Å². The smallest absolute Gasteiger partial charge is 0.280 e. The molecule has 1 rings (SSSR count). The summed E-state index contributed by atoms with van der Waals surface area (Å²) in [6.45, 7) is 3.67. The van der Waals surface area contributed by atoms with E-state index in [0.29, 0.717) is 12.8 Å². The Morgan fingerprint density at radius 2 is 1.74 bits per heavy atom. The van der Waals surface area contributed by atoms with Crippen molar-refractivity contribution in [2.45, 2.75) is 64.0 Å². The lowest BCUT2D eigenvalue weighted by Crippen LogP contribution is -2.59. The van der Waals surface area contributed by atoms with Crippen molar-refractivity contribution in [3.05, 3.63) is 0 Å². The quantitative estimate of drug-likeness (QED) is 0.597. The Labute approximate surface area is 122 Å². The molecule has 0 amide bonds. The van der Waals surface area contributed by atoms with Crippen LogP contribution in [0.2, 0.25) is 0 Å². The van der Waals surface area contributed by atoms with E-state index < -0.39 is 15.7 Å². The zero-order chi connectivity index (χ0) is 14.7. The van der Waals surface area contributed by atoms with E-state index >= 15 is 0 Å². The second-order valence-electron chi connectivity index (χ2n) is 5.58. The van der Waals surface area contributed by atoms with Crippen LogP contribution in [0.25, 0.3) is 0 Å². The van der Waals surface area contributed by atoms with Crippen molar-refractivity contribution in [1.29, 1.82) is 0 Å². The molecule has 19 heavy (non-hydrogen) atoms. The zero-order valence-corrected chi connectivity index (χ0v) is 13.6. The largest absolute Gasteiger partial charge is 0.392 e. The van der Waals surface area contributed by atoms with Gasteiger partial charge in [0.05, 0.1) is 10.5 Å². The van der Waals surface area contributed by atoms with Crippen molar-refractivity contribution in [1.82, 2.24) is 9.03 Å². The van der Waals surface area contributed by atoms with Crippen LogP contribution in [-0.2, 0) is 10.2 Å². The van der Waals surface area contributed by atoms with Crippen molar-refractivity contribution in [3.63, 3.8) is 0 Å². The van der Waals surface area contributed by atoms with Crippen LogP contribution in [0, 0.1) is 0 Å². The lowest BCUT2D eigenvalue weighted by molar-refractivity contribution is 0.374. The normalized spacial score (nSPS) is 20.5. The molecule has 0 heterocycles. The van der Waals surface area contributed by atoms with Crippen LogP contribution in [0.5, 0.6) is 0 Å². The molecule has 1 aliphatic carbocycles. The first kappa shape index (κ1) is 16.8. The topological polar surface area (TPSA) is 75.4 Å².